The molecule has 3 rings (SSSR count). The van der Waals surface area contributed by atoms with Crippen LogP contribution in [0.2, 0.25) is 0 Å². The maximum atomic E-state index is 12.8. The Morgan fingerprint density at radius 2 is 1.68 bits per heavy atom. The maximum Gasteiger partial charge on any atom is 0.338 e. The quantitative estimate of drug-likeness (QED) is 0.640. The standard InChI is InChI=1S/C24H30N4O3/c1-5-31-23(29)21-20(25-24(30)26-22(21)18-9-7-6-8-10-18)16-28(4)15-17-11-13-19(14-12-17)27(2)3/h6-14,22H,5,15-16H2,1-4H3,(H2,25,26,30)/t22-/m1/s1. The van der Waals surface area contributed by atoms with Crippen molar-refractivity contribution in [2.45, 2.75) is 19.5 Å². The molecule has 2 aromatic carbocycles. The van der Waals surface area contributed by atoms with E-state index >= 15 is 0 Å². The van der Waals surface area contributed by atoms with Crippen LogP contribution in [0.25, 0.3) is 0 Å². The van der Waals surface area contributed by atoms with Crippen LogP contribution >= 0.6 is 0 Å². The number of esters is 1. The van der Waals surface area contributed by atoms with Crippen molar-refractivity contribution >= 4 is 17.7 Å². The molecule has 164 valence electrons. The fraction of sp³-hybridized carbons (Fsp3) is 0.333. The molecule has 0 aromatic heterocycles. The van der Waals surface area contributed by atoms with Gasteiger partial charge in [-0.25, -0.2) is 9.59 Å². The van der Waals surface area contributed by atoms with Gasteiger partial charge in [0.15, 0.2) is 0 Å². The first kappa shape index (κ1) is 22.4. The first-order valence-electron chi connectivity index (χ1n) is 10.4. The van der Waals surface area contributed by atoms with Crippen LogP contribution in [0, 0.1) is 0 Å². The number of benzene rings is 2. The van der Waals surface area contributed by atoms with Crippen LogP contribution in [-0.4, -0.2) is 51.2 Å². The highest BCUT2D eigenvalue weighted by Gasteiger charge is 2.33. The van der Waals surface area contributed by atoms with Gasteiger partial charge in [0.25, 0.3) is 0 Å². The lowest BCUT2D eigenvalue weighted by Crippen LogP contribution is -2.48. The summed E-state index contributed by atoms with van der Waals surface area (Å²) in [5, 5.41) is 5.69. The second-order valence-corrected chi connectivity index (χ2v) is 7.79. The topological polar surface area (TPSA) is 73.9 Å². The van der Waals surface area contributed by atoms with Crippen LogP contribution in [0.4, 0.5) is 10.5 Å². The summed E-state index contributed by atoms with van der Waals surface area (Å²) in [5.74, 6) is -0.428. The van der Waals surface area contributed by atoms with E-state index in [1.807, 2.05) is 51.5 Å². The number of ether oxygens (including phenoxy) is 1. The number of hydrogen-bond donors (Lipinski definition) is 2. The normalized spacial score (nSPS) is 16.0. The zero-order valence-corrected chi connectivity index (χ0v) is 18.5. The molecule has 0 fully saturated rings. The zero-order chi connectivity index (χ0) is 22.4. The van der Waals surface area contributed by atoms with E-state index in [2.05, 4.69) is 44.7 Å². The molecule has 1 atom stereocenters. The van der Waals surface area contributed by atoms with Gasteiger partial charge in [0, 0.05) is 38.6 Å². The first-order valence-corrected chi connectivity index (χ1v) is 10.4. The Bertz CT molecular complexity index is 939. The highest BCUT2D eigenvalue weighted by Crippen LogP contribution is 2.28. The molecule has 7 heteroatoms. The highest BCUT2D eigenvalue weighted by atomic mass is 16.5. The lowest BCUT2D eigenvalue weighted by Gasteiger charge is -2.31. The van der Waals surface area contributed by atoms with Crippen LogP contribution in [0.5, 0.6) is 0 Å². The number of nitrogens with zero attached hydrogens (tertiary/aromatic N) is 2. The molecule has 2 amide bonds. The minimum Gasteiger partial charge on any atom is -0.463 e. The molecule has 0 radical (unpaired) electrons. The number of hydrogen-bond acceptors (Lipinski definition) is 5. The number of carbonyl (C=O) groups is 2. The number of likely N-dealkylation sites (N-methyl/N-ethyl adjacent to an activating group) is 1. The predicted octanol–water partition coefficient (Wildman–Crippen LogP) is 3.06. The minimum atomic E-state index is -0.559. The Morgan fingerprint density at radius 3 is 2.29 bits per heavy atom. The van der Waals surface area contributed by atoms with Gasteiger partial charge < -0.3 is 20.3 Å². The second-order valence-electron chi connectivity index (χ2n) is 7.79. The largest absolute Gasteiger partial charge is 0.463 e. The van der Waals surface area contributed by atoms with Crippen molar-refractivity contribution in [3.05, 3.63) is 77.0 Å². The fourth-order valence-corrected chi connectivity index (χ4v) is 3.63. The fourth-order valence-electron chi connectivity index (χ4n) is 3.63. The van der Waals surface area contributed by atoms with Crippen molar-refractivity contribution < 1.29 is 14.3 Å². The monoisotopic (exact) mass is 422 g/mol. The number of rotatable bonds is 8. The van der Waals surface area contributed by atoms with E-state index in [0.29, 0.717) is 24.4 Å². The molecule has 0 bridgehead atoms. The van der Waals surface area contributed by atoms with Gasteiger partial charge in [-0.2, -0.15) is 0 Å². The lowest BCUT2D eigenvalue weighted by atomic mass is 9.95. The van der Waals surface area contributed by atoms with Gasteiger partial charge in [0.2, 0.25) is 0 Å². The summed E-state index contributed by atoms with van der Waals surface area (Å²) in [6, 6.07) is 16.9. The number of amides is 2. The van der Waals surface area contributed by atoms with Crippen molar-refractivity contribution in [3.63, 3.8) is 0 Å². The van der Waals surface area contributed by atoms with E-state index in [-0.39, 0.29) is 12.6 Å². The zero-order valence-electron chi connectivity index (χ0n) is 18.5. The summed E-state index contributed by atoms with van der Waals surface area (Å²) in [5.41, 5.74) is 4.10. The van der Waals surface area contributed by atoms with Gasteiger partial charge in [0.1, 0.15) is 0 Å². The molecule has 0 unspecified atom stereocenters. The number of urea groups is 1. The van der Waals surface area contributed by atoms with Crippen LogP contribution in [0.15, 0.2) is 65.9 Å². The Morgan fingerprint density at radius 1 is 1.00 bits per heavy atom. The second kappa shape index (κ2) is 10.1. The van der Waals surface area contributed by atoms with Crippen molar-refractivity contribution in [3.8, 4) is 0 Å². The van der Waals surface area contributed by atoms with E-state index < -0.39 is 12.0 Å². The number of anilines is 1. The molecule has 7 nitrogen and oxygen atoms in total. The van der Waals surface area contributed by atoms with E-state index in [4.69, 9.17) is 4.74 Å². The van der Waals surface area contributed by atoms with Gasteiger partial charge in [-0.3, -0.25) is 4.90 Å². The Labute approximate surface area is 183 Å². The summed E-state index contributed by atoms with van der Waals surface area (Å²) < 4.78 is 5.32. The molecule has 1 aliphatic heterocycles. The van der Waals surface area contributed by atoms with Gasteiger partial charge >= 0.3 is 12.0 Å². The van der Waals surface area contributed by atoms with E-state index in [0.717, 1.165) is 16.8 Å². The first-order chi connectivity index (χ1) is 14.9. The molecule has 0 saturated heterocycles. The Hall–Kier alpha value is -3.32. The van der Waals surface area contributed by atoms with Crippen molar-refractivity contribution in [1.29, 1.82) is 0 Å². The summed E-state index contributed by atoms with van der Waals surface area (Å²) in [6.07, 6.45) is 0. The molecule has 1 heterocycles. The average molecular weight is 423 g/mol. The third-order valence-electron chi connectivity index (χ3n) is 5.12. The number of nitrogens with one attached hydrogen (secondary N) is 2. The van der Waals surface area contributed by atoms with Gasteiger partial charge in [-0.15, -0.1) is 0 Å². The number of carbonyl (C=O) groups excluding carboxylic acids is 2. The maximum absolute atomic E-state index is 12.8. The smallest absolute Gasteiger partial charge is 0.338 e. The molecule has 0 saturated carbocycles. The third kappa shape index (κ3) is 5.64. The SMILES string of the molecule is CCOC(=O)C1=C(CN(C)Cc2ccc(N(C)C)cc2)NC(=O)N[C@@H]1c1ccccc1. The average Bonchev–Trinajstić information content (AvgIpc) is 2.74. The van der Waals surface area contributed by atoms with Gasteiger partial charge in [0.05, 0.1) is 18.2 Å². The molecule has 31 heavy (non-hydrogen) atoms. The summed E-state index contributed by atoms with van der Waals surface area (Å²) >= 11 is 0. The molecule has 2 aromatic rings. The van der Waals surface area contributed by atoms with Crippen LogP contribution < -0.4 is 15.5 Å². The highest BCUT2D eigenvalue weighted by molar-refractivity contribution is 5.95. The Balaban J connectivity index is 1.86. The summed E-state index contributed by atoms with van der Waals surface area (Å²) in [4.78, 5) is 29.4. The molecular formula is C24H30N4O3. The minimum absolute atomic E-state index is 0.263. The molecule has 0 aliphatic carbocycles. The van der Waals surface area contributed by atoms with Crippen molar-refractivity contribution in [2.75, 3.05) is 39.2 Å². The lowest BCUT2D eigenvalue weighted by molar-refractivity contribution is -0.139. The van der Waals surface area contributed by atoms with Gasteiger partial charge in [-0.05, 0) is 37.2 Å². The van der Waals surface area contributed by atoms with E-state index in [9.17, 15) is 9.59 Å². The Kier molecular flexibility index (Phi) is 7.31. The predicted molar refractivity (Wildman–Crippen MR) is 122 cm³/mol. The molecule has 1 aliphatic rings. The molecular weight excluding hydrogens is 392 g/mol. The van der Waals surface area contributed by atoms with E-state index in [1.54, 1.807) is 6.92 Å². The van der Waals surface area contributed by atoms with Crippen molar-refractivity contribution in [2.24, 2.45) is 0 Å². The molecule has 0 spiro atoms. The third-order valence-corrected chi connectivity index (χ3v) is 5.12. The molecule has 2 N–H and O–H groups in total. The summed E-state index contributed by atoms with van der Waals surface area (Å²) in [6.45, 7) is 3.11. The van der Waals surface area contributed by atoms with Crippen LogP contribution in [-0.2, 0) is 16.1 Å². The summed E-state index contributed by atoms with van der Waals surface area (Å²) in [7, 11) is 5.97. The van der Waals surface area contributed by atoms with Crippen LogP contribution in [0.3, 0.4) is 0 Å². The van der Waals surface area contributed by atoms with E-state index in [1.165, 1.54) is 0 Å². The van der Waals surface area contributed by atoms with Crippen molar-refractivity contribution in [1.82, 2.24) is 15.5 Å². The van der Waals surface area contributed by atoms with Crippen LogP contribution in [0.1, 0.15) is 24.1 Å². The van der Waals surface area contributed by atoms with Gasteiger partial charge in [-0.1, -0.05) is 42.5 Å².